The summed E-state index contributed by atoms with van der Waals surface area (Å²) in [6, 6.07) is 10.2. The van der Waals surface area contributed by atoms with Gasteiger partial charge in [-0.05, 0) is 36.2 Å². The molecule has 0 aliphatic carbocycles. The molecule has 0 saturated carbocycles. The summed E-state index contributed by atoms with van der Waals surface area (Å²) in [7, 11) is 0. The highest BCUT2D eigenvalue weighted by Gasteiger charge is 2.19. The second kappa shape index (κ2) is 11.7. The van der Waals surface area contributed by atoms with Crippen LogP contribution in [0.3, 0.4) is 0 Å². The van der Waals surface area contributed by atoms with Crippen LogP contribution in [0.15, 0.2) is 67.8 Å². The number of anilines is 1. The van der Waals surface area contributed by atoms with Gasteiger partial charge in [0.05, 0.1) is 17.2 Å². The van der Waals surface area contributed by atoms with Crippen molar-refractivity contribution in [2.75, 3.05) is 18.5 Å². The Morgan fingerprint density at radius 1 is 1.00 bits per heavy atom. The number of rotatable bonds is 10. The zero-order valence-corrected chi connectivity index (χ0v) is 17.6. The van der Waals surface area contributed by atoms with Gasteiger partial charge in [-0.15, -0.1) is 0 Å². The lowest BCUT2D eigenvalue weighted by molar-refractivity contribution is -0.117. The summed E-state index contributed by atoms with van der Waals surface area (Å²) < 4.78 is 10.0. The average Bonchev–Trinajstić information content (AvgIpc) is 2.76. The molecule has 0 spiro atoms. The van der Waals surface area contributed by atoms with E-state index in [9.17, 15) is 14.4 Å². The molecule has 2 aromatic rings. The normalized spacial score (nSPS) is 11.2. The van der Waals surface area contributed by atoms with Crippen molar-refractivity contribution in [3.8, 4) is 0 Å². The van der Waals surface area contributed by atoms with Crippen LogP contribution in [0.1, 0.15) is 26.3 Å². The highest BCUT2D eigenvalue weighted by atomic mass is 35.5. The molecule has 0 aliphatic rings. The fourth-order valence-corrected chi connectivity index (χ4v) is 2.81. The summed E-state index contributed by atoms with van der Waals surface area (Å²) in [5.41, 5.74) is 7.05. The zero-order chi connectivity index (χ0) is 22.8. The van der Waals surface area contributed by atoms with Crippen LogP contribution in [0.25, 0.3) is 0 Å². The van der Waals surface area contributed by atoms with Gasteiger partial charge in [0.25, 0.3) is 0 Å². The number of amides is 1. The minimum Gasteiger partial charge on any atom is -0.458 e. The van der Waals surface area contributed by atoms with Gasteiger partial charge in [0.15, 0.2) is 0 Å². The van der Waals surface area contributed by atoms with Crippen LogP contribution in [-0.4, -0.2) is 37.1 Å². The SMILES string of the molecule is C=CCOC(=O)c1cc(NC(=O)[C@@H](N)Cc2ccccc2Cl)cc(C(=O)OCC=C)c1. The molecule has 0 saturated heterocycles. The second-order valence-corrected chi connectivity index (χ2v) is 6.87. The van der Waals surface area contributed by atoms with Crippen molar-refractivity contribution in [2.24, 2.45) is 5.73 Å². The molecule has 0 fully saturated rings. The molecule has 0 radical (unpaired) electrons. The van der Waals surface area contributed by atoms with Crippen LogP contribution < -0.4 is 11.1 Å². The molecule has 2 rings (SSSR count). The van der Waals surface area contributed by atoms with E-state index in [4.69, 9.17) is 26.8 Å². The molecule has 162 valence electrons. The molecule has 8 heteroatoms. The number of hydrogen-bond donors (Lipinski definition) is 2. The number of nitrogens with two attached hydrogens (primary N) is 1. The predicted octanol–water partition coefficient (Wildman–Crippen LogP) is 3.53. The molecule has 0 aliphatic heterocycles. The Morgan fingerprint density at radius 3 is 2.06 bits per heavy atom. The quantitative estimate of drug-likeness (QED) is 0.430. The molecule has 0 heterocycles. The van der Waals surface area contributed by atoms with E-state index >= 15 is 0 Å². The van der Waals surface area contributed by atoms with Crippen molar-refractivity contribution in [3.05, 3.63) is 89.5 Å². The maximum atomic E-state index is 12.6. The summed E-state index contributed by atoms with van der Waals surface area (Å²) in [6.07, 6.45) is 3.04. The van der Waals surface area contributed by atoms with Gasteiger partial charge in [-0.25, -0.2) is 9.59 Å². The number of esters is 2. The van der Waals surface area contributed by atoms with Gasteiger partial charge in [0.2, 0.25) is 5.91 Å². The number of halogens is 1. The lowest BCUT2D eigenvalue weighted by atomic mass is 10.1. The standard InChI is InChI=1S/C23H23ClN2O5/c1-3-9-30-22(28)16-11-17(23(29)31-10-4-2)13-18(12-16)26-21(27)20(25)14-15-7-5-6-8-19(15)24/h3-8,11-13,20H,1-2,9-10,14,25H2,(H,26,27)/t20-/m0/s1. The number of ether oxygens (including phenoxy) is 2. The lowest BCUT2D eigenvalue weighted by Crippen LogP contribution is -2.37. The Labute approximate surface area is 185 Å². The molecule has 0 unspecified atom stereocenters. The van der Waals surface area contributed by atoms with Crippen LogP contribution in [0.2, 0.25) is 5.02 Å². The third-order valence-electron chi connectivity index (χ3n) is 4.07. The maximum Gasteiger partial charge on any atom is 0.338 e. The van der Waals surface area contributed by atoms with Gasteiger partial charge in [0, 0.05) is 10.7 Å². The van der Waals surface area contributed by atoms with Crippen LogP contribution in [0, 0.1) is 0 Å². The Balaban J connectivity index is 2.23. The molecule has 2 aromatic carbocycles. The van der Waals surface area contributed by atoms with Gasteiger partial charge < -0.3 is 20.5 Å². The van der Waals surface area contributed by atoms with Crippen molar-refractivity contribution in [3.63, 3.8) is 0 Å². The number of carbonyl (C=O) groups excluding carboxylic acids is 3. The summed E-state index contributed by atoms with van der Waals surface area (Å²) >= 11 is 6.12. The second-order valence-electron chi connectivity index (χ2n) is 6.46. The Morgan fingerprint density at radius 2 is 1.55 bits per heavy atom. The summed E-state index contributed by atoms with van der Waals surface area (Å²) in [5, 5.41) is 3.13. The lowest BCUT2D eigenvalue weighted by Gasteiger charge is -2.15. The highest BCUT2D eigenvalue weighted by molar-refractivity contribution is 6.31. The smallest absolute Gasteiger partial charge is 0.338 e. The summed E-state index contributed by atoms with van der Waals surface area (Å²) in [4.78, 5) is 37.1. The van der Waals surface area contributed by atoms with E-state index in [-0.39, 0.29) is 36.4 Å². The van der Waals surface area contributed by atoms with E-state index in [1.54, 1.807) is 24.3 Å². The van der Waals surface area contributed by atoms with E-state index < -0.39 is 23.9 Å². The first kappa shape index (κ1) is 23.9. The van der Waals surface area contributed by atoms with E-state index in [2.05, 4.69) is 18.5 Å². The molecular formula is C23H23ClN2O5. The Hall–Kier alpha value is -3.42. The molecule has 0 aromatic heterocycles. The number of benzene rings is 2. The fourth-order valence-electron chi connectivity index (χ4n) is 2.60. The first-order chi connectivity index (χ1) is 14.8. The van der Waals surface area contributed by atoms with Gasteiger partial charge in [-0.1, -0.05) is 55.1 Å². The van der Waals surface area contributed by atoms with E-state index in [1.807, 2.05) is 0 Å². The summed E-state index contributed by atoms with van der Waals surface area (Å²) in [5.74, 6) is -1.88. The number of hydrogen-bond acceptors (Lipinski definition) is 6. The molecule has 3 N–H and O–H groups in total. The van der Waals surface area contributed by atoms with Gasteiger partial charge in [-0.3, -0.25) is 4.79 Å². The number of nitrogens with one attached hydrogen (secondary N) is 1. The minimum atomic E-state index is -0.910. The van der Waals surface area contributed by atoms with Crippen LogP contribution in [0.4, 0.5) is 5.69 Å². The Kier molecular flexibility index (Phi) is 8.99. The van der Waals surface area contributed by atoms with Crippen molar-refractivity contribution in [1.29, 1.82) is 0 Å². The van der Waals surface area contributed by atoms with Crippen molar-refractivity contribution >= 4 is 35.1 Å². The Bertz CT molecular complexity index is 947. The van der Waals surface area contributed by atoms with E-state index in [0.29, 0.717) is 5.02 Å². The van der Waals surface area contributed by atoms with Crippen molar-refractivity contribution in [1.82, 2.24) is 0 Å². The topological polar surface area (TPSA) is 108 Å². The van der Waals surface area contributed by atoms with E-state index in [1.165, 1.54) is 30.4 Å². The van der Waals surface area contributed by atoms with Gasteiger partial charge in [0.1, 0.15) is 13.2 Å². The van der Waals surface area contributed by atoms with E-state index in [0.717, 1.165) is 5.56 Å². The van der Waals surface area contributed by atoms with Crippen molar-refractivity contribution < 1.29 is 23.9 Å². The highest BCUT2D eigenvalue weighted by Crippen LogP contribution is 2.19. The number of carbonyl (C=O) groups is 3. The molecule has 7 nitrogen and oxygen atoms in total. The van der Waals surface area contributed by atoms with Crippen LogP contribution in [-0.2, 0) is 20.7 Å². The van der Waals surface area contributed by atoms with Gasteiger partial charge in [-0.2, -0.15) is 0 Å². The molecule has 0 bridgehead atoms. The third-order valence-corrected chi connectivity index (χ3v) is 4.44. The monoisotopic (exact) mass is 442 g/mol. The minimum absolute atomic E-state index is 0.00558. The first-order valence-corrected chi connectivity index (χ1v) is 9.74. The third kappa shape index (κ3) is 7.09. The fraction of sp³-hybridized carbons (Fsp3) is 0.174. The van der Waals surface area contributed by atoms with Crippen LogP contribution in [0.5, 0.6) is 0 Å². The van der Waals surface area contributed by atoms with Crippen molar-refractivity contribution in [2.45, 2.75) is 12.5 Å². The van der Waals surface area contributed by atoms with Gasteiger partial charge >= 0.3 is 11.9 Å². The zero-order valence-electron chi connectivity index (χ0n) is 16.8. The average molecular weight is 443 g/mol. The van der Waals surface area contributed by atoms with Crippen LogP contribution >= 0.6 is 11.6 Å². The predicted molar refractivity (Wildman–Crippen MR) is 119 cm³/mol. The molecular weight excluding hydrogens is 420 g/mol. The summed E-state index contributed by atoms with van der Waals surface area (Å²) in [6.45, 7) is 6.95. The maximum absolute atomic E-state index is 12.6. The first-order valence-electron chi connectivity index (χ1n) is 9.36. The molecule has 31 heavy (non-hydrogen) atoms. The molecule has 1 amide bonds. The molecule has 1 atom stereocenters. The largest absolute Gasteiger partial charge is 0.458 e.